The minimum atomic E-state index is -0.811. The van der Waals surface area contributed by atoms with E-state index in [0.717, 1.165) is 0 Å². The normalized spacial score (nSPS) is 8.47. The van der Waals surface area contributed by atoms with E-state index in [1.165, 1.54) is 13.8 Å². The van der Waals surface area contributed by atoms with Crippen molar-refractivity contribution >= 4 is 11.9 Å². The van der Waals surface area contributed by atoms with Crippen LogP contribution in [0.4, 0.5) is 0 Å². The summed E-state index contributed by atoms with van der Waals surface area (Å²) in [6.07, 6.45) is 0. The SMILES string of the molecule is C=C(C)C(=O)OOOC(=O)C(=C)C.OCCO. The molecule has 17 heavy (non-hydrogen) atoms. The Labute approximate surface area is 98.8 Å². The molecule has 0 saturated carbocycles. The van der Waals surface area contributed by atoms with E-state index in [1.54, 1.807) is 0 Å². The number of aliphatic hydroxyl groups excluding tert-OH is 2. The first kappa shape index (κ1) is 17.7. The summed E-state index contributed by atoms with van der Waals surface area (Å²) in [7, 11) is 0. The van der Waals surface area contributed by atoms with Crippen molar-refractivity contribution in [3.8, 4) is 0 Å². The standard InChI is InChI=1S/C8H10O5.C2H6O2/c1-5(2)7(9)11-13-12-8(10)6(3)4;3-1-2-4/h1,3H2,2,4H3;3-4H,1-2H2. The van der Waals surface area contributed by atoms with Crippen LogP contribution in [0.5, 0.6) is 0 Å². The van der Waals surface area contributed by atoms with Gasteiger partial charge in [0.2, 0.25) is 0 Å². The zero-order valence-corrected chi connectivity index (χ0v) is 9.76. The number of rotatable bonds is 5. The molecule has 0 fully saturated rings. The Morgan fingerprint density at radius 1 is 0.941 bits per heavy atom. The van der Waals surface area contributed by atoms with Gasteiger partial charge < -0.3 is 10.2 Å². The molecule has 0 spiro atoms. The van der Waals surface area contributed by atoms with Gasteiger partial charge in [0.25, 0.3) is 0 Å². The van der Waals surface area contributed by atoms with Crippen LogP contribution < -0.4 is 0 Å². The van der Waals surface area contributed by atoms with Crippen LogP contribution in [0.25, 0.3) is 0 Å². The van der Waals surface area contributed by atoms with Crippen molar-refractivity contribution in [3.63, 3.8) is 0 Å². The molecule has 0 aromatic carbocycles. The van der Waals surface area contributed by atoms with E-state index in [-0.39, 0.29) is 24.4 Å². The molecule has 0 bridgehead atoms. The van der Waals surface area contributed by atoms with Crippen LogP contribution in [0, 0.1) is 0 Å². The van der Waals surface area contributed by atoms with Gasteiger partial charge >= 0.3 is 11.9 Å². The zero-order valence-electron chi connectivity index (χ0n) is 9.76. The van der Waals surface area contributed by atoms with Crippen LogP contribution in [0.3, 0.4) is 0 Å². The highest BCUT2D eigenvalue weighted by molar-refractivity contribution is 5.87. The van der Waals surface area contributed by atoms with Crippen LogP contribution in [-0.2, 0) is 24.4 Å². The van der Waals surface area contributed by atoms with Gasteiger partial charge in [0, 0.05) is 16.2 Å². The smallest absolute Gasteiger partial charge is 0.372 e. The third-order valence-electron chi connectivity index (χ3n) is 1.02. The number of aliphatic hydroxyl groups is 2. The van der Waals surface area contributed by atoms with Gasteiger partial charge in [0.15, 0.2) is 0 Å². The molecule has 0 amide bonds. The highest BCUT2D eigenvalue weighted by Crippen LogP contribution is 1.96. The van der Waals surface area contributed by atoms with E-state index in [0.29, 0.717) is 0 Å². The van der Waals surface area contributed by atoms with E-state index >= 15 is 0 Å². The van der Waals surface area contributed by atoms with Crippen molar-refractivity contribution in [1.29, 1.82) is 0 Å². The van der Waals surface area contributed by atoms with Gasteiger partial charge in [-0.15, -0.1) is 0 Å². The Bertz CT molecular complexity index is 254. The van der Waals surface area contributed by atoms with Crippen LogP contribution in [0.1, 0.15) is 13.8 Å². The van der Waals surface area contributed by atoms with Crippen molar-refractivity contribution in [2.24, 2.45) is 0 Å². The number of hydrogen-bond donors (Lipinski definition) is 2. The topological polar surface area (TPSA) is 102 Å². The maximum absolute atomic E-state index is 10.6. The molecule has 7 heteroatoms. The van der Waals surface area contributed by atoms with Gasteiger partial charge in [-0.25, -0.2) is 9.59 Å². The van der Waals surface area contributed by atoms with Crippen LogP contribution in [0.2, 0.25) is 0 Å². The Balaban J connectivity index is 0. The molecular weight excluding hydrogens is 232 g/mol. The lowest BCUT2D eigenvalue weighted by Gasteiger charge is -2.00. The molecule has 0 atom stereocenters. The van der Waals surface area contributed by atoms with Crippen molar-refractivity contribution in [2.45, 2.75) is 13.8 Å². The van der Waals surface area contributed by atoms with Crippen molar-refractivity contribution < 1.29 is 34.6 Å². The third kappa shape index (κ3) is 12.2. The lowest BCUT2D eigenvalue weighted by molar-refractivity contribution is -0.456. The molecule has 0 aliphatic carbocycles. The molecule has 0 rings (SSSR count). The molecule has 0 unspecified atom stereocenters. The molecule has 0 heterocycles. The van der Waals surface area contributed by atoms with E-state index in [4.69, 9.17) is 10.2 Å². The highest BCUT2D eigenvalue weighted by atomic mass is 17.5. The summed E-state index contributed by atoms with van der Waals surface area (Å²) in [5, 5.41) is 19.1. The average Bonchev–Trinajstić information content (AvgIpc) is 2.28. The molecule has 0 saturated heterocycles. The van der Waals surface area contributed by atoms with Crippen LogP contribution in [0.15, 0.2) is 24.3 Å². The minimum Gasteiger partial charge on any atom is -0.394 e. The maximum Gasteiger partial charge on any atom is 0.372 e. The summed E-state index contributed by atoms with van der Waals surface area (Å²) in [5.41, 5.74) is 0.262. The Kier molecular flexibility index (Phi) is 11.2. The minimum absolute atomic E-state index is 0.125. The second-order valence-electron chi connectivity index (χ2n) is 2.82. The Hall–Kier alpha value is -1.70. The van der Waals surface area contributed by atoms with Gasteiger partial charge in [-0.2, -0.15) is 0 Å². The number of hydrogen-bond acceptors (Lipinski definition) is 7. The quantitative estimate of drug-likeness (QED) is 0.402. The van der Waals surface area contributed by atoms with E-state index in [2.05, 4.69) is 28.0 Å². The third-order valence-corrected chi connectivity index (χ3v) is 1.02. The highest BCUT2D eigenvalue weighted by Gasteiger charge is 2.08. The zero-order chi connectivity index (χ0) is 13.8. The molecule has 0 aromatic rings. The van der Waals surface area contributed by atoms with Gasteiger partial charge in [-0.3, -0.25) is 9.78 Å². The lowest BCUT2D eigenvalue weighted by Crippen LogP contribution is -2.11. The van der Waals surface area contributed by atoms with Crippen LogP contribution in [-0.4, -0.2) is 35.4 Å². The Morgan fingerprint density at radius 2 is 1.24 bits per heavy atom. The van der Waals surface area contributed by atoms with Gasteiger partial charge in [-0.1, -0.05) is 13.2 Å². The van der Waals surface area contributed by atoms with Crippen molar-refractivity contribution in [2.75, 3.05) is 13.2 Å². The first-order chi connectivity index (χ1) is 7.86. The van der Waals surface area contributed by atoms with E-state index < -0.39 is 11.9 Å². The molecule has 98 valence electrons. The molecule has 2 N–H and O–H groups in total. The summed E-state index contributed by atoms with van der Waals surface area (Å²) in [6, 6.07) is 0. The molecule has 0 aliphatic heterocycles. The largest absolute Gasteiger partial charge is 0.394 e. The Morgan fingerprint density at radius 3 is 1.41 bits per heavy atom. The number of carbonyl (C=O) groups excluding carboxylic acids is 2. The van der Waals surface area contributed by atoms with Gasteiger partial charge in [-0.05, 0) is 13.8 Å². The van der Waals surface area contributed by atoms with E-state index in [9.17, 15) is 9.59 Å². The summed E-state index contributed by atoms with van der Waals surface area (Å²) < 4.78 is 0. The first-order valence-electron chi connectivity index (χ1n) is 4.49. The summed E-state index contributed by atoms with van der Waals surface area (Å²) in [6.45, 7) is 9.15. The van der Waals surface area contributed by atoms with Gasteiger partial charge in [0.05, 0.1) is 13.2 Å². The molecule has 0 aliphatic rings. The van der Waals surface area contributed by atoms with Crippen LogP contribution >= 0.6 is 0 Å². The predicted molar refractivity (Wildman–Crippen MR) is 57.1 cm³/mol. The fraction of sp³-hybridized carbons (Fsp3) is 0.400. The first-order valence-corrected chi connectivity index (χ1v) is 4.49. The molecule has 0 radical (unpaired) electrons. The maximum atomic E-state index is 10.6. The molecule has 7 nitrogen and oxygen atoms in total. The van der Waals surface area contributed by atoms with Crippen molar-refractivity contribution in [1.82, 2.24) is 0 Å². The number of carbonyl (C=O) groups is 2. The second kappa shape index (κ2) is 10.8. The lowest BCUT2D eigenvalue weighted by atomic mass is 10.4. The monoisotopic (exact) mass is 248 g/mol. The average molecular weight is 248 g/mol. The molecule has 0 aromatic heterocycles. The summed E-state index contributed by atoms with van der Waals surface area (Å²) in [5.74, 6) is -1.62. The fourth-order valence-electron chi connectivity index (χ4n) is 0.221. The fourth-order valence-corrected chi connectivity index (χ4v) is 0.221. The van der Waals surface area contributed by atoms with Gasteiger partial charge in [0.1, 0.15) is 0 Å². The summed E-state index contributed by atoms with van der Waals surface area (Å²) >= 11 is 0. The second-order valence-corrected chi connectivity index (χ2v) is 2.82. The summed E-state index contributed by atoms with van der Waals surface area (Å²) in [4.78, 5) is 29.3. The van der Waals surface area contributed by atoms with E-state index in [1.807, 2.05) is 0 Å². The van der Waals surface area contributed by atoms with Crippen molar-refractivity contribution in [3.05, 3.63) is 24.3 Å². The molecular formula is C10H16O7. The predicted octanol–water partition coefficient (Wildman–Crippen LogP) is 0.0426.